The molecule has 4 rings (SSSR count). The highest BCUT2D eigenvalue weighted by Gasteiger charge is 2.23. The molecule has 1 fully saturated rings. The SMILES string of the molecule is O=C(c1nc2ncccn2n1)N1CCCN(c2ccccc2)CC1. The number of benzene rings is 1. The molecule has 3 heterocycles. The molecule has 0 bridgehead atoms. The summed E-state index contributed by atoms with van der Waals surface area (Å²) in [4.78, 5) is 25.2. The van der Waals surface area contributed by atoms with Gasteiger partial charge in [-0.05, 0) is 24.6 Å². The zero-order valence-corrected chi connectivity index (χ0v) is 13.2. The van der Waals surface area contributed by atoms with Gasteiger partial charge < -0.3 is 9.80 Å². The highest BCUT2D eigenvalue weighted by molar-refractivity contribution is 5.91. The Morgan fingerprint density at radius 3 is 2.71 bits per heavy atom. The first-order valence-corrected chi connectivity index (χ1v) is 8.08. The van der Waals surface area contributed by atoms with Gasteiger partial charge in [-0.25, -0.2) is 9.50 Å². The van der Waals surface area contributed by atoms with Crippen molar-refractivity contribution in [3.8, 4) is 0 Å². The number of aromatic nitrogens is 4. The number of fused-ring (bicyclic) bond motifs is 1. The third kappa shape index (κ3) is 2.80. The molecule has 1 aliphatic heterocycles. The number of carbonyl (C=O) groups excluding carboxylic acids is 1. The molecule has 1 aliphatic rings. The molecule has 7 heteroatoms. The number of nitrogens with zero attached hydrogens (tertiary/aromatic N) is 6. The standard InChI is InChI=1S/C17H18N6O/c24-16(15-19-17-18-8-4-11-23(17)20-15)22-10-5-9-21(12-13-22)14-6-2-1-3-7-14/h1-4,6-8,11H,5,9-10,12-13H2. The van der Waals surface area contributed by atoms with E-state index in [1.807, 2.05) is 23.1 Å². The van der Waals surface area contributed by atoms with Gasteiger partial charge in [-0.15, -0.1) is 5.10 Å². The van der Waals surface area contributed by atoms with Crippen LogP contribution in [0.1, 0.15) is 17.0 Å². The summed E-state index contributed by atoms with van der Waals surface area (Å²) >= 11 is 0. The van der Waals surface area contributed by atoms with E-state index in [-0.39, 0.29) is 11.7 Å². The van der Waals surface area contributed by atoms with Crippen LogP contribution >= 0.6 is 0 Å². The predicted octanol–water partition coefficient (Wildman–Crippen LogP) is 1.48. The average Bonchev–Trinajstić information content (AvgIpc) is 2.91. The topological polar surface area (TPSA) is 66.6 Å². The van der Waals surface area contributed by atoms with Crippen molar-refractivity contribution in [2.45, 2.75) is 6.42 Å². The molecule has 0 spiro atoms. The van der Waals surface area contributed by atoms with Crippen LogP contribution in [0, 0.1) is 0 Å². The zero-order chi connectivity index (χ0) is 16.4. The summed E-state index contributed by atoms with van der Waals surface area (Å²) in [5.41, 5.74) is 1.20. The molecule has 0 atom stereocenters. The Morgan fingerprint density at radius 1 is 1.00 bits per heavy atom. The molecule has 122 valence electrons. The molecule has 7 nitrogen and oxygen atoms in total. The molecule has 1 amide bonds. The molecule has 0 radical (unpaired) electrons. The van der Waals surface area contributed by atoms with E-state index in [1.54, 1.807) is 18.5 Å². The summed E-state index contributed by atoms with van der Waals surface area (Å²) in [7, 11) is 0. The minimum absolute atomic E-state index is 0.129. The van der Waals surface area contributed by atoms with Crippen molar-refractivity contribution in [3.63, 3.8) is 0 Å². The lowest BCUT2D eigenvalue weighted by Crippen LogP contribution is -2.35. The highest BCUT2D eigenvalue weighted by atomic mass is 16.2. The third-order valence-electron chi connectivity index (χ3n) is 4.21. The Hall–Kier alpha value is -2.96. The van der Waals surface area contributed by atoms with Crippen molar-refractivity contribution in [2.24, 2.45) is 0 Å². The quantitative estimate of drug-likeness (QED) is 0.715. The summed E-state index contributed by atoms with van der Waals surface area (Å²) < 4.78 is 1.53. The molecule has 0 unspecified atom stereocenters. The molecule has 1 aromatic carbocycles. The van der Waals surface area contributed by atoms with Gasteiger partial charge in [-0.2, -0.15) is 4.98 Å². The van der Waals surface area contributed by atoms with Gasteiger partial charge in [0.15, 0.2) is 0 Å². The lowest BCUT2D eigenvalue weighted by molar-refractivity contribution is 0.0755. The fourth-order valence-electron chi connectivity index (χ4n) is 2.98. The Kier molecular flexibility index (Phi) is 3.82. The van der Waals surface area contributed by atoms with Crippen LogP contribution in [0.5, 0.6) is 0 Å². The van der Waals surface area contributed by atoms with Crippen LogP contribution in [-0.2, 0) is 0 Å². The number of hydrogen-bond acceptors (Lipinski definition) is 5. The van der Waals surface area contributed by atoms with E-state index in [0.717, 1.165) is 19.5 Å². The fourth-order valence-corrected chi connectivity index (χ4v) is 2.98. The second kappa shape index (κ2) is 6.27. The molecule has 1 saturated heterocycles. The molecular weight excluding hydrogens is 304 g/mol. The molecule has 3 aromatic rings. The van der Waals surface area contributed by atoms with E-state index in [4.69, 9.17) is 0 Å². The lowest BCUT2D eigenvalue weighted by Gasteiger charge is -2.23. The van der Waals surface area contributed by atoms with Gasteiger partial charge in [0.2, 0.25) is 5.82 Å². The zero-order valence-electron chi connectivity index (χ0n) is 13.2. The van der Waals surface area contributed by atoms with Crippen molar-refractivity contribution in [1.82, 2.24) is 24.5 Å². The smallest absolute Gasteiger partial charge is 0.293 e. The van der Waals surface area contributed by atoms with Crippen molar-refractivity contribution < 1.29 is 4.79 Å². The molecule has 2 aromatic heterocycles. The maximum Gasteiger partial charge on any atom is 0.293 e. The van der Waals surface area contributed by atoms with Crippen LogP contribution in [0.25, 0.3) is 5.78 Å². The first-order chi connectivity index (χ1) is 11.8. The highest BCUT2D eigenvalue weighted by Crippen LogP contribution is 2.16. The van der Waals surface area contributed by atoms with E-state index < -0.39 is 0 Å². The Balaban J connectivity index is 1.49. The summed E-state index contributed by atoms with van der Waals surface area (Å²) in [5, 5.41) is 4.23. The number of carbonyl (C=O) groups is 1. The van der Waals surface area contributed by atoms with Crippen LogP contribution in [0.2, 0.25) is 0 Å². The van der Waals surface area contributed by atoms with E-state index in [1.165, 1.54) is 10.2 Å². The molecule has 0 aliphatic carbocycles. The lowest BCUT2D eigenvalue weighted by atomic mass is 10.3. The number of rotatable bonds is 2. The number of para-hydroxylation sites is 1. The Labute approximate surface area is 139 Å². The van der Waals surface area contributed by atoms with Crippen LogP contribution in [0.4, 0.5) is 5.69 Å². The van der Waals surface area contributed by atoms with Gasteiger partial charge in [0.1, 0.15) is 0 Å². The molecule has 0 N–H and O–H groups in total. The Morgan fingerprint density at radius 2 is 1.88 bits per heavy atom. The number of hydrogen-bond donors (Lipinski definition) is 0. The second-order valence-electron chi connectivity index (χ2n) is 5.77. The predicted molar refractivity (Wildman–Crippen MR) is 90.0 cm³/mol. The Bertz CT molecular complexity index is 813. The molecular formula is C17H18N6O. The summed E-state index contributed by atoms with van der Waals surface area (Å²) in [5.74, 6) is 0.527. The maximum absolute atomic E-state index is 12.7. The van der Waals surface area contributed by atoms with Crippen molar-refractivity contribution in [2.75, 3.05) is 31.1 Å². The first-order valence-electron chi connectivity index (χ1n) is 8.08. The number of anilines is 1. The second-order valence-corrected chi connectivity index (χ2v) is 5.77. The average molecular weight is 322 g/mol. The summed E-state index contributed by atoms with van der Waals surface area (Å²) in [6.45, 7) is 3.12. The van der Waals surface area contributed by atoms with Crippen LogP contribution in [0.3, 0.4) is 0 Å². The monoisotopic (exact) mass is 322 g/mol. The van der Waals surface area contributed by atoms with E-state index in [2.05, 4.69) is 32.1 Å². The minimum atomic E-state index is -0.129. The van der Waals surface area contributed by atoms with Gasteiger partial charge >= 0.3 is 0 Å². The summed E-state index contributed by atoms with van der Waals surface area (Å²) in [6, 6.07) is 12.1. The van der Waals surface area contributed by atoms with Gasteiger partial charge in [0.05, 0.1) is 0 Å². The van der Waals surface area contributed by atoms with Crippen LogP contribution in [-0.4, -0.2) is 56.6 Å². The van der Waals surface area contributed by atoms with Crippen LogP contribution < -0.4 is 4.90 Å². The molecule has 24 heavy (non-hydrogen) atoms. The van der Waals surface area contributed by atoms with Gasteiger partial charge in [-0.1, -0.05) is 18.2 Å². The van der Waals surface area contributed by atoms with Gasteiger partial charge in [-0.3, -0.25) is 4.79 Å². The summed E-state index contributed by atoms with van der Waals surface area (Å²) in [6.07, 6.45) is 4.31. The largest absolute Gasteiger partial charge is 0.370 e. The van der Waals surface area contributed by atoms with Crippen molar-refractivity contribution in [1.29, 1.82) is 0 Å². The minimum Gasteiger partial charge on any atom is -0.370 e. The van der Waals surface area contributed by atoms with E-state index in [9.17, 15) is 4.79 Å². The fraction of sp³-hybridized carbons (Fsp3) is 0.294. The van der Waals surface area contributed by atoms with E-state index >= 15 is 0 Å². The van der Waals surface area contributed by atoms with Crippen LogP contribution in [0.15, 0.2) is 48.8 Å². The molecule has 0 saturated carbocycles. The maximum atomic E-state index is 12.7. The normalized spacial score (nSPS) is 15.5. The first kappa shape index (κ1) is 14.6. The van der Waals surface area contributed by atoms with E-state index in [0.29, 0.717) is 18.9 Å². The van der Waals surface area contributed by atoms with Gasteiger partial charge in [0, 0.05) is 44.3 Å². The van der Waals surface area contributed by atoms with Crippen molar-refractivity contribution in [3.05, 3.63) is 54.6 Å². The third-order valence-corrected chi connectivity index (χ3v) is 4.21. The van der Waals surface area contributed by atoms with Gasteiger partial charge in [0.25, 0.3) is 11.7 Å². The number of amides is 1. The van der Waals surface area contributed by atoms with Crippen molar-refractivity contribution >= 4 is 17.4 Å².